The van der Waals surface area contributed by atoms with E-state index in [1.54, 1.807) is 54.3 Å². The van der Waals surface area contributed by atoms with Gasteiger partial charge < -0.3 is 15.4 Å². The lowest BCUT2D eigenvalue weighted by molar-refractivity contribution is 0.0957. The van der Waals surface area contributed by atoms with Crippen LogP contribution in [0.1, 0.15) is 10.5 Å². The number of carbonyl (C=O) groups excluding carboxylic acids is 1. The molecule has 0 spiro atoms. The molecule has 0 aliphatic heterocycles. The predicted octanol–water partition coefficient (Wildman–Crippen LogP) is 2.76. The van der Waals surface area contributed by atoms with E-state index in [2.05, 4.69) is 5.32 Å². The lowest BCUT2D eigenvalue weighted by Gasteiger charge is -2.06. The first-order valence-electron chi connectivity index (χ1n) is 6.53. The topological polar surface area (TPSA) is 102 Å². The second-order valence-electron chi connectivity index (χ2n) is 4.96. The average molecular weight is 335 g/mol. The van der Waals surface area contributed by atoms with Crippen molar-refractivity contribution in [2.45, 2.75) is 0 Å². The molecule has 23 heavy (non-hydrogen) atoms. The van der Waals surface area contributed by atoms with Gasteiger partial charge in [0.05, 0.1) is 11.2 Å². The van der Waals surface area contributed by atoms with E-state index in [4.69, 9.17) is 10.8 Å². The Balaban J connectivity index is 0.00000192. The van der Waals surface area contributed by atoms with Gasteiger partial charge in [0.25, 0.3) is 5.91 Å². The lowest BCUT2D eigenvalue weighted by Crippen LogP contribution is -2.14. The number of nitrogens with zero attached hydrogens (tertiary/aromatic N) is 2. The minimum atomic E-state index is -1.13. The van der Waals surface area contributed by atoms with Crippen molar-refractivity contribution in [2.24, 2.45) is 7.05 Å². The molecule has 0 bridgehead atoms. The zero-order chi connectivity index (χ0) is 15.9. The fourth-order valence-electron chi connectivity index (χ4n) is 2.45. The van der Waals surface area contributed by atoms with Gasteiger partial charge in [-0.25, -0.2) is 4.79 Å². The van der Waals surface area contributed by atoms with Gasteiger partial charge in [-0.05, 0) is 30.3 Å². The molecule has 3 rings (SSSR count). The highest BCUT2D eigenvalue weighted by atomic mass is 35.5. The fourth-order valence-corrected chi connectivity index (χ4v) is 2.45. The van der Waals surface area contributed by atoms with Crippen LogP contribution >= 0.6 is 12.4 Å². The number of benzene rings is 1. The molecule has 0 aliphatic carbocycles. The van der Waals surface area contributed by atoms with E-state index in [-0.39, 0.29) is 18.3 Å². The molecule has 7 nitrogen and oxygen atoms in total. The first-order chi connectivity index (χ1) is 10.5. The van der Waals surface area contributed by atoms with Crippen LogP contribution in [-0.4, -0.2) is 26.2 Å². The van der Waals surface area contributed by atoms with Crippen molar-refractivity contribution in [3.05, 3.63) is 48.4 Å². The molecular weight excluding hydrogens is 320 g/mol. The zero-order valence-corrected chi connectivity index (χ0v) is 13.0. The van der Waals surface area contributed by atoms with Crippen LogP contribution in [0.15, 0.2) is 42.7 Å². The maximum absolute atomic E-state index is 12.6. The molecule has 1 aromatic carbocycles. The maximum atomic E-state index is 12.6. The van der Waals surface area contributed by atoms with Crippen LogP contribution in [0.5, 0.6) is 0 Å². The van der Waals surface area contributed by atoms with Gasteiger partial charge in [-0.15, -0.1) is 12.4 Å². The third-order valence-electron chi connectivity index (χ3n) is 3.41. The number of nitrogens with one attached hydrogen (secondary N) is 1. The van der Waals surface area contributed by atoms with Crippen molar-refractivity contribution in [1.29, 1.82) is 0 Å². The van der Waals surface area contributed by atoms with Crippen LogP contribution in [0.3, 0.4) is 0 Å². The van der Waals surface area contributed by atoms with E-state index < -0.39 is 6.09 Å². The van der Waals surface area contributed by atoms with E-state index in [0.29, 0.717) is 22.6 Å². The van der Waals surface area contributed by atoms with E-state index >= 15 is 0 Å². The Labute approximate surface area is 137 Å². The minimum absolute atomic E-state index is 0. The summed E-state index contributed by atoms with van der Waals surface area (Å²) in [5, 5.41) is 11.8. The number of hydrogen-bond donors (Lipinski definition) is 3. The van der Waals surface area contributed by atoms with E-state index in [1.165, 1.54) is 4.57 Å². The summed E-state index contributed by atoms with van der Waals surface area (Å²) in [5.41, 5.74) is 7.85. The van der Waals surface area contributed by atoms with Crippen LogP contribution < -0.4 is 11.1 Å². The highest BCUT2D eigenvalue weighted by Gasteiger charge is 2.15. The monoisotopic (exact) mass is 334 g/mol. The summed E-state index contributed by atoms with van der Waals surface area (Å²) >= 11 is 0. The van der Waals surface area contributed by atoms with Gasteiger partial charge in [0, 0.05) is 30.5 Å². The summed E-state index contributed by atoms with van der Waals surface area (Å²) in [7, 11) is 1.75. The number of amides is 1. The molecule has 0 aliphatic rings. The molecule has 3 aromatic rings. The van der Waals surface area contributed by atoms with Gasteiger partial charge in [-0.2, -0.15) is 0 Å². The number of nitrogens with two attached hydrogens (primary N) is 1. The number of hydrogen-bond acceptors (Lipinski definition) is 3. The van der Waals surface area contributed by atoms with Crippen molar-refractivity contribution in [1.82, 2.24) is 9.13 Å². The lowest BCUT2D eigenvalue weighted by atomic mass is 10.2. The highest BCUT2D eigenvalue weighted by molar-refractivity contribution is 6.02. The van der Waals surface area contributed by atoms with Crippen molar-refractivity contribution >= 4 is 46.7 Å². The number of halogens is 1. The number of anilines is 2. The Morgan fingerprint density at radius 1 is 1.22 bits per heavy atom. The Bertz CT molecular complexity index is 897. The fraction of sp³-hybridized carbons (Fsp3) is 0.0667. The van der Waals surface area contributed by atoms with Gasteiger partial charge in [-0.1, -0.05) is 0 Å². The highest BCUT2D eigenvalue weighted by Crippen LogP contribution is 2.22. The molecular formula is C15H15ClN4O3. The zero-order valence-electron chi connectivity index (χ0n) is 12.2. The quantitative estimate of drug-likeness (QED) is 0.670. The standard InChI is InChI=1S/C15H14N4O3.ClH/c1-18-8-10(16)7-13(18)14(20)19-5-4-9-6-11(17-15(21)22)2-3-12(9)19;/h2-8,17H,16H2,1H3,(H,21,22);1H. The molecule has 0 atom stereocenters. The normalized spacial score (nSPS) is 10.3. The van der Waals surface area contributed by atoms with Crippen molar-refractivity contribution in [2.75, 3.05) is 11.1 Å². The summed E-state index contributed by atoms with van der Waals surface area (Å²) in [6, 6.07) is 8.36. The second kappa shape index (κ2) is 6.05. The molecule has 8 heteroatoms. The summed E-state index contributed by atoms with van der Waals surface area (Å²) in [6.07, 6.45) is 2.20. The number of carbonyl (C=O) groups is 2. The third-order valence-corrected chi connectivity index (χ3v) is 3.41. The first kappa shape index (κ1) is 16.4. The van der Waals surface area contributed by atoms with Crippen molar-refractivity contribution in [3.63, 3.8) is 0 Å². The van der Waals surface area contributed by atoms with E-state index in [1.807, 2.05) is 0 Å². The number of fused-ring (bicyclic) bond motifs is 1. The number of nitrogen functional groups attached to an aromatic ring is 1. The van der Waals surface area contributed by atoms with Gasteiger partial charge >= 0.3 is 6.09 Å². The Hall–Kier alpha value is -2.93. The number of carboxylic acid groups (broad SMARTS) is 1. The molecule has 0 unspecified atom stereocenters. The second-order valence-corrected chi connectivity index (χ2v) is 4.96. The number of rotatable bonds is 2. The maximum Gasteiger partial charge on any atom is 0.409 e. The largest absolute Gasteiger partial charge is 0.465 e. The molecule has 2 aromatic heterocycles. The van der Waals surface area contributed by atoms with E-state index in [0.717, 1.165) is 5.39 Å². The molecule has 0 fully saturated rings. The Morgan fingerprint density at radius 3 is 2.57 bits per heavy atom. The summed E-state index contributed by atoms with van der Waals surface area (Å²) in [5.74, 6) is -0.201. The van der Waals surface area contributed by atoms with Gasteiger partial charge in [0.2, 0.25) is 0 Å². The van der Waals surface area contributed by atoms with Gasteiger partial charge in [-0.3, -0.25) is 14.7 Å². The predicted molar refractivity (Wildman–Crippen MR) is 90.4 cm³/mol. The summed E-state index contributed by atoms with van der Waals surface area (Å²) < 4.78 is 3.18. The number of aryl methyl sites for hydroxylation is 1. The van der Waals surface area contributed by atoms with Gasteiger partial charge in [0.15, 0.2) is 0 Å². The van der Waals surface area contributed by atoms with Crippen LogP contribution in [-0.2, 0) is 7.05 Å². The van der Waals surface area contributed by atoms with Crippen LogP contribution in [0.2, 0.25) is 0 Å². The van der Waals surface area contributed by atoms with Crippen LogP contribution in [0.25, 0.3) is 10.9 Å². The first-order valence-corrected chi connectivity index (χ1v) is 6.53. The van der Waals surface area contributed by atoms with Crippen molar-refractivity contribution < 1.29 is 14.7 Å². The number of aromatic nitrogens is 2. The third kappa shape index (κ3) is 3.00. The molecule has 0 saturated heterocycles. The summed E-state index contributed by atoms with van der Waals surface area (Å²) in [6.45, 7) is 0. The van der Waals surface area contributed by atoms with Crippen molar-refractivity contribution in [3.8, 4) is 0 Å². The molecule has 4 N–H and O–H groups in total. The average Bonchev–Trinajstić information content (AvgIpc) is 3.00. The summed E-state index contributed by atoms with van der Waals surface area (Å²) in [4.78, 5) is 23.3. The molecule has 0 radical (unpaired) electrons. The minimum Gasteiger partial charge on any atom is -0.465 e. The Kier molecular flexibility index (Phi) is 4.33. The molecule has 120 valence electrons. The van der Waals surface area contributed by atoms with Crippen LogP contribution in [0.4, 0.5) is 16.2 Å². The molecule has 0 saturated carbocycles. The smallest absolute Gasteiger partial charge is 0.409 e. The molecule has 2 heterocycles. The SMILES string of the molecule is Cl.Cn1cc(N)cc1C(=O)n1ccc2cc(NC(=O)O)ccc21. The van der Waals surface area contributed by atoms with Gasteiger partial charge in [0.1, 0.15) is 5.69 Å². The molecule has 1 amide bonds. The van der Waals surface area contributed by atoms with E-state index in [9.17, 15) is 9.59 Å². The Morgan fingerprint density at radius 2 is 1.96 bits per heavy atom. The van der Waals surface area contributed by atoms with Crippen LogP contribution in [0, 0.1) is 0 Å².